The number of aliphatic hydroxyl groups is 1. The standard InChI is InChI=1S/C14H20BrN3O/c15-11-7-16-14(17-8-11)18-9-12(19)6-13(18)10-4-2-1-3-5-10/h7-8,10,12-13,19H,1-6,9H2/t12-,13-/m1/s1. The molecule has 1 saturated carbocycles. The van der Waals surface area contributed by atoms with E-state index in [2.05, 4.69) is 30.8 Å². The van der Waals surface area contributed by atoms with Gasteiger partial charge >= 0.3 is 0 Å². The number of nitrogens with zero attached hydrogens (tertiary/aromatic N) is 3. The quantitative estimate of drug-likeness (QED) is 0.908. The number of hydrogen-bond acceptors (Lipinski definition) is 4. The zero-order chi connectivity index (χ0) is 13.2. The van der Waals surface area contributed by atoms with Gasteiger partial charge in [-0.1, -0.05) is 19.3 Å². The molecule has 2 heterocycles. The van der Waals surface area contributed by atoms with Crippen LogP contribution in [0.2, 0.25) is 0 Å². The molecule has 0 spiro atoms. The molecule has 5 heteroatoms. The van der Waals surface area contributed by atoms with Gasteiger partial charge in [0, 0.05) is 25.0 Å². The van der Waals surface area contributed by atoms with Crippen molar-refractivity contribution in [2.24, 2.45) is 5.92 Å². The van der Waals surface area contributed by atoms with E-state index in [0.717, 1.165) is 16.8 Å². The molecule has 1 saturated heterocycles. The van der Waals surface area contributed by atoms with Crippen LogP contribution in [0.15, 0.2) is 16.9 Å². The Hall–Kier alpha value is -0.680. The van der Waals surface area contributed by atoms with E-state index in [1.807, 2.05) is 0 Å². The van der Waals surface area contributed by atoms with Crippen molar-refractivity contribution >= 4 is 21.9 Å². The lowest BCUT2D eigenvalue weighted by molar-refractivity contribution is 0.185. The summed E-state index contributed by atoms with van der Waals surface area (Å²) < 4.78 is 0.894. The molecule has 104 valence electrons. The Morgan fingerprint density at radius 2 is 1.84 bits per heavy atom. The van der Waals surface area contributed by atoms with Gasteiger partial charge in [0.2, 0.25) is 5.95 Å². The van der Waals surface area contributed by atoms with Crippen LogP contribution in [-0.2, 0) is 0 Å². The molecule has 0 aromatic carbocycles. The van der Waals surface area contributed by atoms with Crippen LogP contribution in [0.25, 0.3) is 0 Å². The molecule has 1 N–H and O–H groups in total. The first kappa shape index (κ1) is 13.3. The SMILES string of the molecule is O[C@@H]1C[C@H](C2CCCCC2)N(c2ncc(Br)cn2)C1. The first-order valence-electron chi connectivity index (χ1n) is 7.16. The molecule has 1 aromatic rings. The van der Waals surface area contributed by atoms with Crippen molar-refractivity contribution in [3.05, 3.63) is 16.9 Å². The minimum atomic E-state index is -0.237. The molecule has 19 heavy (non-hydrogen) atoms. The smallest absolute Gasteiger partial charge is 0.225 e. The summed E-state index contributed by atoms with van der Waals surface area (Å²) in [4.78, 5) is 11.0. The van der Waals surface area contributed by atoms with Crippen LogP contribution in [0.4, 0.5) is 5.95 Å². The Morgan fingerprint density at radius 3 is 2.53 bits per heavy atom. The lowest BCUT2D eigenvalue weighted by Gasteiger charge is -2.33. The summed E-state index contributed by atoms with van der Waals surface area (Å²) >= 11 is 3.36. The number of β-amino-alcohol motifs (C(OH)–C–C–N with tert-alkyl or cyclic N) is 1. The fourth-order valence-corrected chi connectivity index (χ4v) is 3.70. The molecule has 4 nitrogen and oxygen atoms in total. The predicted octanol–water partition coefficient (Wildman–Crippen LogP) is 2.76. The number of hydrogen-bond donors (Lipinski definition) is 1. The van der Waals surface area contributed by atoms with E-state index >= 15 is 0 Å². The summed E-state index contributed by atoms with van der Waals surface area (Å²) in [6, 6.07) is 0.413. The van der Waals surface area contributed by atoms with Crippen LogP contribution in [-0.4, -0.2) is 33.8 Å². The number of rotatable bonds is 2. The summed E-state index contributed by atoms with van der Waals surface area (Å²) in [6.07, 6.45) is 10.8. The van der Waals surface area contributed by atoms with Gasteiger partial charge in [-0.2, -0.15) is 0 Å². The van der Waals surface area contributed by atoms with E-state index < -0.39 is 0 Å². The van der Waals surface area contributed by atoms with Crippen LogP contribution in [0.3, 0.4) is 0 Å². The van der Waals surface area contributed by atoms with Crippen molar-refractivity contribution in [3.8, 4) is 0 Å². The van der Waals surface area contributed by atoms with Crippen LogP contribution in [0.5, 0.6) is 0 Å². The molecule has 1 aliphatic heterocycles. The molecule has 2 aliphatic rings. The van der Waals surface area contributed by atoms with Gasteiger partial charge in [-0.25, -0.2) is 9.97 Å². The van der Waals surface area contributed by atoms with Crippen molar-refractivity contribution in [1.29, 1.82) is 0 Å². The monoisotopic (exact) mass is 325 g/mol. The highest BCUT2D eigenvalue weighted by molar-refractivity contribution is 9.10. The van der Waals surface area contributed by atoms with E-state index in [9.17, 15) is 5.11 Å². The lowest BCUT2D eigenvalue weighted by Crippen LogP contribution is -2.37. The molecular formula is C14H20BrN3O. The molecule has 2 fully saturated rings. The highest BCUT2D eigenvalue weighted by atomic mass is 79.9. The molecule has 3 rings (SSSR count). The second-order valence-electron chi connectivity index (χ2n) is 5.71. The second kappa shape index (κ2) is 5.75. The summed E-state index contributed by atoms with van der Waals surface area (Å²) in [6.45, 7) is 0.669. The molecule has 1 aromatic heterocycles. The Balaban J connectivity index is 1.79. The maximum atomic E-state index is 10.0. The first-order chi connectivity index (χ1) is 9.24. The van der Waals surface area contributed by atoms with Crippen LogP contribution in [0.1, 0.15) is 38.5 Å². The van der Waals surface area contributed by atoms with Crippen LogP contribution >= 0.6 is 15.9 Å². The molecule has 0 unspecified atom stereocenters. The Labute approximate surface area is 122 Å². The fourth-order valence-electron chi connectivity index (χ4n) is 3.49. The summed E-state index contributed by atoms with van der Waals surface area (Å²) in [5.41, 5.74) is 0. The van der Waals surface area contributed by atoms with E-state index in [0.29, 0.717) is 18.5 Å². The zero-order valence-corrected chi connectivity index (χ0v) is 12.6. The highest BCUT2D eigenvalue weighted by Gasteiger charge is 2.37. The predicted molar refractivity (Wildman–Crippen MR) is 78.1 cm³/mol. The van der Waals surface area contributed by atoms with Gasteiger partial charge in [-0.3, -0.25) is 0 Å². The van der Waals surface area contributed by atoms with Gasteiger partial charge < -0.3 is 10.0 Å². The van der Waals surface area contributed by atoms with Gasteiger partial charge in [0.05, 0.1) is 10.6 Å². The number of aliphatic hydroxyl groups excluding tert-OH is 1. The molecule has 0 amide bonds. The maximum Gasteiger partial charge on any atom is 0.225 e. The van der Waals surface area contributed by atoms with Gasteiger partial charge in [0.15, 0.2) is 0 Å². The average molecular weight is 326 g/mol. The van der Waals surface area contributed by atoms with Gasteiger partial charge in [-0.05, 0) is 41.1 Å². The average Bonchev–Trinajstić information content (AvgIpc) is 2.83. The van der Waals surface area contributed by atoms with Crippen molar-refractivity contribution in [2.45, 2.75) is 50.7 Å². The normalized spacial score (nSPS) is 28.8. The first-order valence-corrected chi connectivity index (χ1v) is 7.95. The summed E-state index contributed by atoms with van der Waals surface area (Å²) in [5, 5.41) is 10.0. The molecule has 0 radical (unpaired) electrons. The van der Waals surface area contributed by atoms with Crippen molar-refractivity contribution in [3.63, 3.8) is 0 Å². The lowest BCUT2D eigenvalue weighted by atomic mass is 9.83. The van der Waals surface area contributed by atoms with Crippen molar-refractivity contribution < 1.29 is 5.11 Å². The number of aromatic nitrogens is 2. The number of anilines is 1. The summed E-state index contributed by atoms with van der Waals surface area (Å²) in [7, 11) is 0. The Kier molecular flexibility index (Phi) is 4.03. The van der Waals surface area contributed by atoms with E-state index in [4.69, 9.17) is 0 Å². The molecule has 2 atom stereocenters. The van der Waals surface area contributed by atoms with E-state index in [1.165, 1.54) is 32.1 Å². The minimum absolute atomic E-state index is 0.237. The fraction of sp³-hybridized carbons (Fsp3) is 0.714. The van der Waals surface area contributed by atoms with Crippen LogP contribution < -0.4 is 4.90 Å². The third-order valence-electron chi connectivity index (χ3n) is 4.38. The maximum absolute atomic E-state index is 10.0. The highest BCUT2D eigenvalue weighted by Crippen LogP contribution is 2.35. The minimum Gasteiger partial charge on any atom is -0.391 e. The third-order valence-corrected chi connectivity index (χ3v) is 4.79. The molecule has 1 aliphatic carbocycles. The summed E-state index contributed by atoms with van der Waals surface area (Å²) in [5.74, 6) is 1.45. The topological polar surface area (TPSA) is 49.2 Å². The molecule has 0 bridgehead atoms. The van der Waals surface area contributed by atoms with Crippen molar-refractivity contribution in [2.75, 3.05) is 11.4 Å². The van der Waals surface area contributed by atoms with Gasteiger partial charge in [0.25, 0.3) is 0 Å². The molecular weight excluding hydrogens is 306 g/mol. The van der Waals surface area contributed by atoms with Crippen molar-refractivity contribution in [1.82, 2.24) is 9.97 Å². The second-order valence-corrected chi connectivity index (χ2v) is 6.62. The number of halogens is 1. The zero-order valence-electron chi connectivity index (χ0n) is 11.0. The Bertz CT molecular complexity index is 419. The largest absolute Gasteiger partial charge is 0.391 e. The Morgan fingerprint density at radius 1 is 1.16 bits per heavy atom. The van der Waals surface area contributed by atoms with Gasteiger partial charge in [0.1, 0.15) is 0 Å². The third kappa shape index (κ3) is 2.92. The van der Waals surface area contributed by atoms with Gasteiger partial charge in [-0.15, -0.1) is 0 Å². The van der Waals surface area contributed by atoms with E-state index in [1.54, 1.807) is 12.4 Å². The van der Waals surface area contributed by atoms with E-state index in [-0.39, 0.29) is 6.10 Å². The van der Waals surface area contributed by atoms with Crippen LogP contribution in [0, 0.1) is 5.92 Å².